The molecule has 0 unspecified atom stereocenters. The molecular formula is C22H26N6O2. The smallest absolute Gasteiger partial charge is 0.281 e. The summed E-state index contributed by atoms with van der Waals surface area (Å²) in [7, 11) is 3.82. The summed E-state index contributed by atoms with van der Waals surface area (Å²) in [5.41, 5.74) is 2.57. The van der Waals surface area contributed by atoms with E-state index in [0.717, 1.165) is 11.4 Å². The number of aromatic nitrogens is 2. The lowest BCUT2D eigenvalue weighted by atomic mass is 9.92. The number of benzene rings is 1. The van der Waals surface area contributed by atoms with Gasteiger partial charge in [0.2, 0.25) is 0 Å². The molecule has 156 valence electrons. The highest BCUT2D eigenvalue weighted by atomic mass is 16.2. The van der Waals surface area contributed by atoms with Crippen molar-refractivity contribution >= 4 is 35.0 Å². The molecule has 3 rings (SSSR count). The summed E-state index contributed by atoms with van der Waals surface area (Å²) in [5, 5.41) is 7.45. The molecule has 1 aliphatic rings. The monoisotopic (exact) mass is 406 g/mol. The van der Waals surface area contributed by atoms with Gasteiger partial charge in [-0.05, 0) is 25.1 Å². The minimum atomic E-state index is -0.471. The van der Waals surface area contributed by atoms with E-state index in [1.54, 1.807) is 25.1 Å². The fourth-order valence-electron chi connectivity index (χ4n) is 2.75. The molecule has 1 aliphatic heterocycles. The number of rotatable bonds is 3. The van der Waals surface area contributed by atoms with Crippen molar-refractivity contribution in [3.05, 3.63) is 53.7 Å². The Morgan fingerprint density at radius 1 is 1.17 bits per heavy atom. The number of amides is 2. The Hall–Kier alpha value is -3.55. The summed E-state index contributed by atoms with van der Waals surface area (Å²) < 4.78 is 1.39. The van der Waals surface area contributed by atoms with Crippen LogP contribution in [-0.2, 0) is 10.2 Å². The molecule has 30 heavy (non-hydrogen) atoms. The number of anilines is 2. The van der Waals surface area contributed by atoms with E-state index in [0.29, 0.717) is 17.1 Å². The van der Waals surface area contributed by atoms with E-state index in [1.165, 1.54) is 4.68 Å². The first-order valence-corrected chi connectivity index (χ1v) is 9.54. The van der Waals surface area contributed by atoms with Crippen LogP contribution in [-0.4, -0.2) is 47.4 Å². The fourth-order valence-corrected chi connectivity index (χ4v) is 2.75. The van der Waals surface area contributed by atoms with Gasteiger partial charge in [-0.15, -0.1) is 0 Å². The van der Waals surface area contributed by atoms with Gasteiger partial charge in [-0.3, -0.25) is 9.59 Å². The maximum absolute atomic E-state index is 12.9. The van der Waals surface area contributed by atoms with E-state index in [2.05, 4.69) is 27.0 Å². The molecule has 0 bridgehead atoms. The number of carbonyl (C=O) groups excluding carboxylic acids is 2. The van der Waals surface area contributed by atoms with Gasteiger partial charge in [-0.1, -0.05) is 33.4 Å². The Morgan fingerprint density at radius 2 is 1.87 bits per heavy atom. The fraction of sp³-hybridized carbons (Fsp3) is 0.318. The van der Waals surface area contributed by atoms with Crippen molar-refractivity contribution in [3.8, 4) is 0 Å². The predicted molar refractivity (Wildman–Crippen MR) is 120 cm³/mol. The lowest BCUT2D eigenvalue weighted by molar-refractivity contribution is -0.113. The standard InChI is InChI=1S/C22H26N6O2/c1-13-14(2)23-21(25-19(13)29)28-18(12-17(26-28)22(3,4)5)24-20(30)15-9-8-10-16(11-15)27(6)7/h8-12H,1H2,2-7H3,(H,24,30). The highest BCUT2D eigenvalue weighted by molar-refractivity contribution is 6.28. The van der Waals surface area contributed by atoms with Crippen molar-refractivity contribution < 1.29 is 9.59 Å². The summed E-state index contributed by atoms with van der Waals surface area (Å²) in [6, 6.07) is 9.06. The Morgan fingerprint density at radius 3 is 2.47 bits per heavy atom. The Labute approximate surface area is 176 Å². The average molecular weight is 406 g/mol. The largest absolute Gasteiger partial charge is 0.378 e. The third kappa shape index (κ3) is 4.22. The number of nitrogens with one attached hydrogen (secondary N) is 1. The molecule has 8 heteroatoms. The van der Waals surface area contributed by atoms with Crippen molar-refractivity contribution in [1.82, 2.24) is 9.78 Å². The third-order valence-electron chi connectivity index (χ3n) is 4.70. The molecule has 1 N–H and O–H groups in total. The Bertz CT molecular complexity index is 1100. The van der Waals surface area contributed by atoms with Gasteiger partial charge in [-0.2, -0.15) is 14.8 Å². The summed E-state index contributed by atoms with van der Waals surface area (Å²) in [6.45, 7) is 11.4. The molecule has 2 aromatic rings. The predicted octanol–water partition coefficient (Wildman–Crippen LogP) is 3.26. The van der Waals surface area contributed by atoms with E-state index in [9.17, 15) is 9.59 Å². The number of nitrogens with zero attached hydrogens (tertiary/aromatic N) is 5. The minimum Gasteiger partial charge on any atom is -0.378 e. The zero-order chi connectivity index (χ0) is 22.2. The van der Waals surface area contributed by atoms with E-state index in [4.69, 9.17) is 0 Å². The first-order chi connectivity index (χ1) is 14.0. The highest BCUT2D eigenvalue weighted by Gasteiger charge is 2.26. The maximum atomic E-state index is 12.9. The molecule has 1 aromatic heterocycles. The average Bonchev–Trinajstić information content (AvgIpc) is 3.10. The SMILES string of the molecule is C=C1C(=O)N=C(n2nc(C(C)(C)C)cc2NC(=O)c2cccc(N(C)C)c2)N=C1C. The zero-order valence-corrected chi connectivity index (χ0v) is 18.1. The number of aliphatic imine (C=N–C) groups is 2. The van der Waals surface area contributed by atoms with Crippen molar-refractivity contribution in [2.45, 2.75) is 33.1 Å². The van der Waals surface area contributed by atoms with E-state index >= 15 is 0 Å². The molecule has 0 aliphatic carbocycles. The summed E-state index contributed by atoms with van der Waals surface area (Å²) in [6.07, 6.45) is 0. The van der Waals surface area contributed by atoms with Gasteiger partial charge >= 0.3 is 0 Å². The summed E-state index contributed by atoms with van der Waals surface area (Å²) in [4.78, 5) is 35.3. The zero-order valence-electron chi connectivity index (χ0n) is 18.1. The number of hydrogen-bond acceptors (Lipinski definition) is 5. The molecule has 0 atom stereocenters. The first kappa shape index (κ1) is 21.2. The van der Waals surface area contributed by atoms with Crippen molar-refractivity contribution in [2.75, 3.05) is 24.3 Å². The quantitative estimate of drug-likeness (QED) is 0.792. The van der Waals surface area contributed by atoms with E-state index in [1.807, 2.05) is 51.9 Å². The maximum Gasteiger partial charge on any atom is 0.281 e. The molecule has 0 spiro atoms. The Balaban J connectivity index is 2.02. The molecule has 0 saturated carbocycles. The lowest BCUT2D eigenvalue weighted by Gasteiger charge is -2.15. The summed E-state index contributed by atoms with van der Waals surface area (Å²) in [5.74, 6) is -0.289. The van der Waals surface area contributed by atoms with Crippen LogP contribution in [0, 0.1) is 0 Å². The van der Waals surface area contributed by atoms with Gasteiger partial charge < -0.3 is 10.2 Å². The molecule has 2 heterocycles. The van der Waals surface area contributed by atoms with Crippen LogP contribution >= 0.6 is 0 Å². The van der Waals surface area contributed by atoms with Gasteiger partial charge in [0, 0.05) is 36.8 Å². The summed E-state index contributed by atoms with van der Waals surface area (Å²) >= 11 is 0. The van der Waals surface area contributed by atoms with Crippen LogP contribution in [0.15, 0.2) is 52.5 Å². The van der Waals surface area contributed by atoms with Crippen LogP contribution < -0.4 is 10.2 Å². The van der Waals surface area contributed by atoms with Crippen LogP contribution in [0.4, 0.5) is 11.5 Å². The lowest BCUT2D eigenvalue weighted by Crippen LogP contribution is -2.25. The van der Waals surface area contributed by atoms with E-state index < -0.39 is 5.91 Å². The second-order valence-corrected chi connectivity index (χ2v) is 8.37. The molecule has 8 nitrogen and oxygen atoms in total. The van der Waals surface area contributed by atoms with Crippen LogP contribution in [0.25, 0.3) is 0 Å². The third-order valence-corrected chi connectivity index (χ3v) is 4.70. The normalized spacial score (nSPS) is 14.3. The van der Waals surface area contributed by atoms with Gasteiger partial charge in [-0.25, -0.2) is 4.99 Å². The first-order valence-electron chi connectivity index (χ1n) is 9.54. The number of hydrogen-bond donors (Lipinski definition) is 1. The van der Waals surface area contributed by atoms with Crippen LogP contribution in [0.3, 0.4) is 0 Å². The molecule has 1 aromatic carbocycles. The second kappa shape index (κ2) is 7.70. The van der Waals surface area contributed by atoms with E-state index in [-0.39, 0.29) is 22.9 Å². The Kier molecular flexibility index (Phi) is 5.43. The van der Waals surface area contributed by atoms with Crippen LogP contribution in [0.2, 0.25) is 0 Å². The van der Waals surface area contributed by atoms with Gasteiger partial charge in [0.15, 0.2) is 0 Å². The van der Waals surface area contributed by atoms with Crippen molar-refractivity contribution in [1.29, 1.82) is 0 Å². The topological polar surface area (TPSA) is 91.9 Å². The number of carbonyl (C=O) groups is 2. The van der Waals surface area contributed by atoms with Crippen molar-refractivity contribution in [2.24, 2.45) is 9.98 Å². The molecule has 0 saturated heterocycles. The van der Waals surface area contributed by atoms with Gasteiger partial charge in [0.25, 0.3) is 17.8 Å². The molecule has 0 fully saturated rings. The second-order valence-electron chi connectivity index (χ2n) is 8.37. The molecule has 0 radical (unpaired) electrons. The van der Waals surface area contributed by atoms with Gasteiger partial charge in [0.1, 0.15) is 5.82 Å². The molecular weight excluding hydrogens is 380 g/mol. The van der Waals surface area contributed by atoms with Crippen molar-refractivity contribution in [3.63, 3.8) is 0 Å². The van der Waals surface area contributed by atoms with Crippen LogP contribution in [0.5, 0.6) is 0 Å². The minimum absolute atomic E-state index is 0.0951. The van der Waals surface area contributed by atoms with Gasteiger partial charge in [0.05, 0.1) is 17.0 Å². The molecule has 2 amide bonds. The highest BCUT2D eigenvalue weighted by Crippen LogP contribution is 2.25. The van der Waals surface area contributed by atoms with Crippen LogP contribution in [0.1, 0.15) is 43.7 Å².